The van der Waals surface area contributed by atoms with Crippen LogP contribution in [0.4, 0.5) is 0 Å². The molecule has 1 saturated carbocycles. The molecule has 5 heteroatoms. The largest absolute Gasteiger partial charge is 0.480 e. The number of carbonyl (C=O) groups excluding carboxylic acids is 1. The Morgan fingerprint density at radius 3 is 2.71 bits per heavy atom. The smallest absolute Gasteiger partial charge is 0.323 e. The molecule has 78 valence electrons. The van der Waals surface area contributed by atoms with Crippen molar-refractivity contribution < 1.29 is 14.7 Å². The van der Waals surface area contributed by atoms with Crippen LogP contribution in [-0.4, -0.2) is 40.6 Å². The number of carbonyl (C=O) groups is 2. The predicted octanol–water partition coefficient (Wildman–Crippen LogP) is -0.227. The van der Waals surface area contributed by atoms with Crippen molar-refractivity contribution in [1.29, 1.82) is 0 Å². The summed E-state index contributed by atoms with van der Waals surface area (Å²) in [7, 11) is 0. The van der Waals surface area contributed by atoms with Crippen LogP contribution in [0.2, 0.25) is 0 Å². The maximum Gasteiger partial charge on any atom is 0.323 e. The average Bonchev–Trinajstić information content (AvgIpc) is 2.69. The lowest BCUT2D eigenvalue weighted by molar-refractivity contribution is -0.145. The van der Waals surface area contributed by atoms with Gasteiger partial charge in [-0.15, -0.1) is 0 Å². The molecule has 2 N–H and O–H groups in total. The molecule has 2 fully saturated rings. The van der Waals surface area contributed by atoms with Crippen LogP contribution in [0, 0.1) is 0 Å². The minimum absolute atomic E-state index is 0.0886. The summed E-state index contributed by atoms with van der Waals surface area (Å²) >= 11 is 0. The van der Waals surface area contributed by atoms with Crippen molar-refractivity contribution in [3.05, 3.63) is 0 Å². The highest BCUT2D eigenvalue weighted by atomic mass is 16.4. The van der Waals surface area contributed by atoms with Crippen LogP contribution in [-0.2, 0) is 9.59 Å². The zero-order valence-corrected chi connectivity index (χ0v) is 7.95. The molecule has 0 radical (unpaired) electrons. The second-order valence-corrected chi connectivity index (χ2v) is 3.97. The van der Waals surface area contributed by atoms with E-state index < -0.39 is 5.97 Å². The Morgan fingerprint density at radius 1 is 1.50 bits per heavy atom. The Hall–Kier alpha value is -1.10. The summed E-state index contributed by atoms with van der Waals surface area (Å²) in [6, 6.07) is 0. The standard InChI is InChI=1S/C9H14N2O3/c12-7-5-10-9(3-1-2-4-9)11(7)6-8(13)14/h10H,1-6H2,(H,13,14). The first-order chi connectivity index (χ1) is 6.64. The van der Waals surface area contributed by atoms with E-state index in [1.54, 1.807) is 0 Å². The van der Waals surface area contributed by atoms with Crippen molar-refractivity contribution in [2.75, 3.05) is 13.1 Å². The van der Waals surface area contributed by atoms with Gasteiger partial charge in [0, 0.05) is 0 Å². The summed E-state index contributed by atoms with van der Waals surface area (Å²) in [5.41, 5.74) is -0.338. The third-order valence-electron chi connectivity index (χ3n) is 3.11. The maximum atomic E-state index is 11.5. The van der Waals surface area contributed by atoms with E-state index in [0.29, 0.717) is 0 Å². The summed E-state index contributed by atoms with van der Waals surface area (Å²) < 4.78 is 0. The highest BCUT2D eigenvalue weighted by molar-refractivity contribution is 5.85. The lowest BCUT2D eigenvalue weighted by Crippen LogP contribution is -2.51. The van der Waals surface area contributed by atoms with Crippen molar-refractivity contribution in [3.8, 4) is 0 Å². The summed E-state index contributed by atoms with van der Waals surface area (Å²) in [5, 5.41) is 11.9. The molecule has 5 nitrogen and oxygen atoms in total. The molecule has 1 saturated heterocycles. The van der Waals surface area contributed by atoms with Gasteiger partial charge in [-0.2, -0.15) is 0 Å². The summed E-state index contributed by atoms with van der Waals surface area (Å²) in [6.07, 6.45) is 3.89. The Kier molecular flexibility index (Phi) is 2.19. The van der Waals surface area contributed by atoms with Gasteiger partial charge >= 0.3 is 5.97 Å². The Balaban J connectivity index is 2.16. The molecule has 0 aromatic rings. The molecule has 0 bridgehead atoms. The Labute approximate surface area is 82.1 Å². The van der Waals surface area contributed by atoms with Crippen LogP contribution in [0.15, 0.2) is 0 Å². The minimum Gasteiger partial charge on any atom is -0.480 e. The molecule has 1 aliphatic carbocycles. The number of amides is 1. The second-order valence-electron chi connectivity index (χ2n) is 3.97. The zero-order chi connectivity index (χ0) is 10.2. The summed E-state index contributed by atoms with van der Waals surface area (Å²) in [6.45, 7) is 0.110. The van der Waals surface area contributed by atoms with Crippen molar-refractivity contribution >= 4 is 11.9 Å². The van der Waals surface area contributed by atoms with Crippen LogP contribution in [0.5, 0.6) is 0 Å². The topological polar surface area (TPSA) is 69.6 Å². The molecule has 1 aliphatic heterocycles. The molecule has 0 unspecified atom stereocenters. The van der Waals surface area contributed by atoms with E-state index in [0.717, 1.165) is 25.7 Å². The van der Waals surface area contributed by atoms with Gasteiger partial charge in [-0.25, -0.2) is 0 Å². The monoisotopic (exact) mass is 198 g/mol. The first kappa shape index (κ1) is 9.45. The number of nitrogens with zero attached hydrogens (tertiary/aromatic N) is 1. The van der Waals surface area contributed by atoms with Crippen LogP contribution in [0.3, 0.4) is 0 Å². The molecule has 0 aromatic heterocycles. The van der Waals surface area contributed by atoms with Crippen LogP contribution < -0.4 is 5.32 Å². The third-order valence-corrected chi connectivity index (χ3v) is 3.11. The Bertz CT molecular complexity index is 271. The number of carboxylic acids is 1. The van der Waals surface area contributed by atoms with Crippen molar-refractivity contribution in [3.63, 3.8) is 0 Å². The van der Waals surface area contributed by atoms with Crippen molar-refractivity contribution in [2.45, 2.75) is 31.3 Å². The molecular weight excluding hydrogens is 184 g/mol. The van der Waals surface area contributed by atoms with Gasteiger partial charge in [0.1, 0.15) is 6.54 Å². The van der Waals surface area contributed by atoms with Crippen molar-refractivity contribution in [2.24, 2.45) is 0 Å². The summed E-state index contributed by atoms with van der Waals surface area (Å²) in [5.74, 6) is -1.03. The first-order valence-electron chi connectivity index (χ1n) is 4.91. The number of rotatable bonds is 2. The number of aliphatic carboxylic acids is 1. The first-order valence-corrected chi connectivity index (χ1v) is 4.91. The fraction of sp³-hybridized carbons (Fsp3) is 0.778. The van der Waals surface area contributed by atoms with Crippen molar-refractivity contribution in [1.82, 2.24) is 10.2 Å². The number of hydrogen-bond acceptors (Lipinski definition) is 3. The average molecular weight is 198 g/mol. The normalized spacial score (nSPS) is 24.9. The van der Waals surface area contributed by atoms with E-state index in [-0.39, 0.29) is 24.7 Å². The van der Waals surface area contributed by atoms with Gasteiger partial charge in [0.15, 0.2) is 0 Å². The van der Waals surface area contributed by atoms with Gasteiger partial charge in [-0.1, -0.05) is 0 Å². The molecule has 14 heavy (non-hydrogen) atoms. The fourth-order valence-electron chi connectivity index (χ4n) is 2.45. The van der Waals surface area contributed by atoms with E-state index in [4.69, 9.17) is 5.11 Å². The van der Waals surface area contributed by atoms with Gasteiger partial charge in [-0.3, -0.25) is 14.9 Å². The number of hydrogen-bond donors (Lipinski definition) is 2. The molecule has 2 rings (SSSR count). The fourth-order valence-corrected chi connectivity index (χ4v) is 2.45. The molecule has 1 heterocycles. The highest BCUT2D eigenvalue weighted by Crippen LogP contribution is 2.35. The molecule has 1 spiro atoms. The lowest BCUT2D eigenvalue weighted by Gasteiger charge is -2.33. The minimum atomic E-state index is -0.937. The quantitative estimate of drug-likeness (QED) is 0.643. The van der Waals surface area contributed by atoms with Gasteiger partial charge in [-0.05, 0) is 25.7 Å². The number of carboxylic acid groups (broad SMARTS) is 1. The highest BCUT2D eigenvalue weighted by Gasteiger charge is 2.47. The molecule has 0 aromatic carbocycles. The summed E-state index contributed by atoms with van der Waals surface area (Å²) in [4.78, 5) is 23.6. The van der Waals surface area contributed by atoms with E-state index in [1.165, 1.54) is 4.90 Å². The lowest BCUT2D eigenvalue weighted by atomic mass is 10.1. The van der Waals surface area contributed by atoms with Gasteiger partial charge < -0.3 is 10.0 Å². The molecule has 1 amide bonds. The number of nitrogens with one attached hydrogen (secondary N) is 1. The third kappa shape index (κ3) is 1.37. The Morgan fingerprint density at radius 2 is 2.14 bits per heavy atom. The second kappa shape index (κ2) is 3.24. The maximum absolute atomic E-state index is 11.5. The van der Waals surface area contributed by atoms with E-state index in [2.05, 4.69) is 5.32 Å². The van der Waals surface area contributed by atoms with Gasteiger partial charge in [0.05, 0.1) is 12.2 Å². The van der Waals surface area contributed by atoms with Gasteiger partial charge in [0.25, 0.3) is 0 Å². The predicted molar refractivity (Wildman–Crippen MR) is 48.6 cm³/mol. The van der Waals surface area contributed by atoms with E-state index in [1.807, 2.05) is 0 Å². The van der Waals surface area contributed by atoms with Crippen LogP contribution >= 0.6 is 0 Å². The molecule has 2 aliphatic rings. The SMILES string of the molecule is O=C(O)CN1C(=O)CNC12CCCC2. The zero-order valence-electron chi connectivity index (χ0n) is 7.95. The van der Waals surface area contributed by atoms with Crippen LogP contribution in [0.1, 0.15) is 25.7 Å². The molecule has 0 atom stereocenters. The van der Waals surface area contributed by atoms with Gasteiger partial charge in [0.2, 0.25) is 5.91 Å². The van der Waals surface area contributed by atoms with E-state index in [9.17, 15) is 9.59 Å². The van der Waals surface area contributed by atoms with E-state index >= 15 is 0 Å². The molecular formula is C9H14N2O3. The van der Waals surface area contributed by atoms with Crippen LogP contribution in [0.25, 0.3) is 0 Å².